The lowest BCUT2D eigenvalue weighted by Crippen LogP contribution is -1.95. The van der Waals surface area contributed by atoms with Crippen LogP contribution in [0.3, 0.4) is 0 Å². The lowest BCUT2D eigenvalue weighted by atomic mass is 10.3. The number of aromatic nitrogens is 3. The maximum absolute atomic E-state index is 5.33. The third-order valence-corrected chi connectivity index (χ3v) is 1.57. The molecule has 5 heteroatoms. The van der Waals surface area contributed by atoms with E-state index in [0.717, 1.165) is 5.56 Å². The predicted octanol–water partition coefficient (Wildman–Crippen LogP) is 0.590. The summed E-state index contributed by atoms with van der Waals surface area (Å²) in [7, 11) is 0. The first-order chi connectivity index (χ1) is 6.40. The largest absolute Gasteiger partial charge is 0.419 e. The van der Waals surface area contributed by atoms with Gasteiger partial charge in [-0.15, -0.1) is 10.2 Å². The fourth-order valence-electron chi connectivity index (χ4n) is 0.947. The standard InChI is InChI=1S/C8H8N4O/c9-5-7-11-12-8(13-7)6-1-3-10-4-2-6/h1-4H,5,9H2. The van der Waals surface area contributed by atoms with E-state index in [1.165, 1.54) is 0 Å². The van der Waals surface area contributed by atoms with E-state index in [0.29, 0.717) is 11.8 Å². The van der Waals surface area contributed by atoms with E-state index in [9.17, 15) is 0 Å². The fourth-order valence-corrected chi connectivity index (χ4v) is 0.947. The third-order valence-electron chi connectivity index (χ3n) is 1.57. The van der Waals surface area contributed by atoms with Crippen molar-refractivity contribution >= 4 is 0 Å². The Kier molecular flexibility index (Phi) is 2.01. The molecule has 0 radical (unpaired) electrons. The lowest BCUT2D eigenvalue weighted by Gasteiger charge is -1.90. The highest BCUT2D eigenvalue weighted by Crippen LogP contribution is 2.15. The van der Waals surface area contributed by atoms with Crippen LogP contribution < -0.4 is 5.73 Å². The molecule has 2 rings (SSSR count). The van der Waals surface area contributed by atoms with Gasteiger partial charge < -0.3 is 10.2 Å². The average Bonchev–Trinajstić information content (AvgIpc) is 2.67. The van der Waals surface area contributed by atoms with E-state index in [4.69, 9.17) is 10.2 Å². The van der Waals surface area contributed by atoms with Gasteiger partial charge in [0.1, 0.15) is 0 Å². The van der Waals surface area contributed by atoms with Crippen LogP contribution in [0.15, 0.2) is 28.9 Å². The van der Waals surface area contributed by atoms with Crippen LogP contribution in [0.25, 0.3) is 11.5 Å². The Morgan fingerprint density at radius 1 is 1.23 bits per heavy atom. The fraction of sp³-hybridized carbons (Fsp3) is 0.125. The van der Waals surface area contributed by atoms with Crippen LogP contribution in [0.2, 0.25) is 0 Å². The summed E-state index contributed by atoms with van der Waals surface area (Å²) in [6.07, 6.45) is 3.34. The van der Waals surface area contributed by atoms with Gasteiger partial charge in [-0.2, -0.15) is 0 Å². The molecular formula is C8H8N4O. The van der Waals surface area contributed by atoms with Gasteiger partial charge in [-0.1, -0.05) is 0 Å². The minimum Gasteiger partial charge on any atom is -0.419 e. The molecule has 2 aromatic rings. The molecule has 0 saturated carbocycles. The molecule has 66 valence electrons. The molecule has 2 N–H and O–H groups in total. The van der Waals surface area contributed by atoms with Crippen LogP contribution in [-0.4, -0.2) is 15.2 Å². The molecule has 0 amide bonds. The molecule has 0 spiro atoms. The number of hydrogen-bond acceptors (Lipinski definition) is 5. The molecule has 0 atom stereocenters. The zero-order valence-electron chi connectivity index (χ0n) is 6.84. The van der Waals surface area contributed by atoms with Crippen molar-refractivity contribution in [1.82, 2.24) is 15.2 Å². The van der Waals surface area contributed by atoms with Crippen molar-refractivity contribution in [2.24, 2.45) is 5.73 Å². The Bertz CT molecular complexity index is 384. The predicted molar refractivity (Wildman–Crippen MR) is 45.4 cm³/mol. The van der Waals surface area contributed by atoms with Crippen LogP contribution >= 0.6 is 0 Å². The summed E-state index contributed by atoms with van der Waals surface area (Å²) >= 11 is 0. The Morgan fingerprint density at radius 3 is 2.62 bits per heavy atom. The van der Waals surface area contributed by atoms with E-state index >= 15 is 0 Å². The molecular weight excluding hydrogens is 168 g/mol. The molecule has 0 aliphatic rings. The molecule has 2 heterocycles. The number of nitrogens with zero attached hydrogens (tertiary/aromatic N) is 3. The van der Waals surface area contributed by atoms with Crippen molar-refractivity contribution in [3.63, 3.8) is 0 Å². The van der Waals surface area contributed by atoms with E-state index < -0.39 is 0 Å². The molecule has 2 aromatic heterocycles. The van der Waals surface area contributed by atoms with Crippen molar-refractivity contribution in [2.45, 2.75) is 6.54 Å². The molecule has 0 unspecified atom stereocenters. The molecule has 0 aliphatic carbocycles. The van der Waals surface area contributed by atoms with Gasteiger partial charge in [0.25, 0.3) is 0 Å². The smallest absolute Gasteiger partial charge is 0.247 e. The van der Waals surface area contributed by atoms with Crippen molar-refractivity contribution in [2.75, 3.05) is 0 Å². The first kappa shape index (κ1) is 7.88. The Labute approximate surface area is 74.6 Å². The Balaban J connectivity index is 2.36. The van der Waals surface area contributed by atoms with Gasteiger partial charge in [0.05, 0.1) is 6.54 Å². The highest BCUT2D eigenvalue weighted by Gasteiger charge is 2.05. The van der Waals surface area contributed by atoms with E-state index in [-0.39, 0.29) is 6.54 Å². The minimum atomic E-state index is 0.262. The van der Waals surface area contributed by atoms with Gasteiger partial charge in [-0.25, -0.2) is 0 Å². The zero-order valence-corrected chi connectivity index (χ0v) is 6.84. The zero-order chi connectivity index (χ0) is 9.10. The molecule has 5 nitrogen and oxygen atoms in total. The van der Waals surface area contributed by atoms with Gasteiger partial charge in [0.2, 0.25) is 11.8 Å². The van der Waals surface area contributed by atoms with E-state index in [1.54, 1.807) is 24.5 Å². The molecule has 0 fully saturated rings. The molecule has 0 aliphatic heterocycles. The monoisotopic (exact) mass is 176 g/mol. The van der Waals surface area contributed by atoms with Gasteiger partial charge in [0, 0.05) is 18.0 Å². The Hall–Kier alpha value is -1.75. The third kappa shape index (κ3) is 1.54. The van der Waals surface area contributed by atoms with Crippen molar-refractivity contribution in [1.29, 1.82) is 0 Å². The highest BCUT2D eigenvalue weighted by molar-refractivity contribution is 5.50. The van der Waals surface area contributed by atoms with Gasteiger partial charge in [0.15, 0.2) is 0 Å². The summed E-state index contributed by atoms with van der Waals surface area (Å²) in [5, 5.41) is 7.58. The van der Waals surface area contributed by atoms with Crippen molar-refractivity contribution in [3.05, 3.63) is 30.4 Å². The summed E-state index contributed by atoms with van der Waals surface area (Å²) in [4.78, 5) is 3.88. The summed E-state index contributed by atoms with van der Waals surface area (Å²) in [6.45, 7) is 0.262. The van der Waals surface area contributed by atoms with Crippen LogP contribution in [0, 0.1) is 0 Å². The first-order valence-electron chi connectivity index (χ1n) is 3.83. The SMILES string of the molecule is NCc1nnc(-c2ccncc2)o1. The number of rotatable bonds is 2. The van der Waals surface area contributed by atoms with Gasteiger partial charge in [-0.3, -0.25) is 4.98 Å². The van der Waals surface area contributed by atoms with E-state index in [2.05, 4.69) is 15.2 Å². The molecule has 13 heavy (non-hydrogen) atoms. The number of nitrogens with two attached hydrogens (primary N) is 1. The summed E-state index contributed by atoms with van der Waals surface area (Å²) in [5.74, 6) is 0.912. The average molecular weight is 176 g/mol. The second kappa shape index (κ2) is 3.32. The van der Waals surface area contributed by atoms with Crippen molar-refractivity contribution < 1.29 is 4.42 Å². The lowest BCUT2D eigenvalue weighted by molar-refractivity contribution is 0.508. The molecule has 0 saturated heterocycles. The molecule has 0 bridgehead atoms. The van der Waals surface area contributed by atoms with Gasteiger partial charge >= 0.3 is 0 Å². The maximum Gasteiger partial charge on any atom is 0.247 e. The molecule has 0 aromatic carbocycles. The van der Waals surface area contributed by atoms with Crippen LogP contribution in [-0.2, 0) is 6.54 Å². The second-order valence-electron chi connectivity index (χ2n) is 2.44. The minimum absolute atomic E-state index is 0.262. The summed E-state index contributed by atoms with van der Waals surface area (Å²) in [6, 6.07) is 3.60. The summed E-state index contributed by atoms with van der Waals surface area (Å²) in [5.41, 5.74) is 6.18. The summed E-state index contributed by atoms with van der Waals surface area (Å²) < 4.78 is 5.24. The number of pyridine rings is 1. The quantitative estimate of drug-likeness (QED) is 0.724. The Morgan fingerprint density at radius 2 is 2.00 bits per heavy atom. The first-order valence-corrected chi connectivity index (χ1v) is 3.83. The maximum atomic E-state index is 5.33. The second-order valence-corrected chi connectivity index (χ2v) is 2.44. The normalized spacial score (nSPS) is 10.2. The van der Waals surface area contributed by atoms with Crippen LogP contribution in [0.5, 0.6) is 0 Å². The van der Waals surface area contributed by atoms with Crippen LogP contribution in [0.4, 0.5) is 0 Å². The topological polar surface area (TPSA) is 77.8 Å². The highest BCUT2D eigenvalue weighted by atomic mass is 16.4. The van der Waals surface area contributed by atoms with Gasteiger partial charge in [-0.05, 0) is 12.1 Å². The number of hydrogen-bond donors (Lipinski definition) is 1. The van der Waals surface area contributed by atoms with Crippen molar-refractivity contribution in [3.8, 4) is 11.5 Å². The van der Waals surface area contributed by atoms with Crippen LogP contribution in [0.1, 0.15) is 5.89 Å². The van der Waals surface area contributed by atoms with E-state index in [1.807, 2.05) is 0 Å².